The van der Waals surface area contributed by atoms with E-state index in [2.05, 4.69) is 20.9 Å². The number of esters is 1. The number of nitrogens with one attached hydrogen (secondary N) is 2. The van der Waals surface area contributed by atoms with E-state index in [1.807, 2.05) is 13.8 Å². The van der Waals surface area contributed by atoms with Crippen molar-refractivity contribution in [1.82, 2.24) is 25.2 Å². The summed E-state index contributed by atoms with van der Waals surface area (Å²) in [6, 6.07) is 3.69. The molecule has 0 saturated heterocycles. The van der Waals surface area contributed by atoms with Gasteiger partial charge in [0.1, 0.15) is 12.3 Å². The Hall–Kier alpha value is -3.19. The summed E-state index contributed by atoms with van der Waals surface area (Å²) in [4.78, 5) is 26.1. The van der Waals surface area contributed by atoms with Crippen molar-refractivity contribution in [3.63, 3.8) is 0 Å². The number of carbonyl (C=O) groups is 2. The molecule has 0 fully saturated rings. The van der Waals surface area contributed by atoms with Gasteiger partial charge in [0.2, 0.25) is 0 Å². The second kappa shape index (κ2) is 12.9. The lowest BCUT2D eigenvalue weighted by Gasteiger charge is -2.30. The molecule has 2 bridgehead atoms. The largest absolute Gasteiger partial charge is 0.464 e. The molecule has 3 rings (SSSR count). The molecule has 204 valence electrons. The SMILES string of the molecule is C[C@H]1COC(=O)CCCn2cc(nn2)CO[C@@H](CN(C)C(=O)Nc2ccc(C(F)(F)F)cc2)[C@@H](C)CN1. The molecule has 0 aliphatic carbocycles. The molecule has 0 unspecified atom stereocenters. The first kappa shape index (κ1) is 28.4. The monoisotopic (exact) mass is 526 g/mol. The van der Waals surface area contributed by atoms with E-state index in [4.69, 9.17) is 9.47 Å². The zero-order chi connectivity index (χ0) is 27.0. The highest BCUT2D eigenvalue weighted by molar-refractivity contribution is 5.89. The van der Waals surface area contributed by atoms with Crippen LogP contribution in [0.1, 0.15) is 37.9 Å². The number of fused-ring (bicyclic) bond motifs is 2. The van der Waals surface area contributed by atoms with E-state index < -0.39 is 23.9 Å². The van der Waals surface area contributed by atoms with Crippen molar-refractivity contribution in [2.45, 2.75) is 58.2 Å². The highest BCUT2D eigenvalue weighted by Gasteiger charge is 2.30. The molecule has 2 amide bonds. The Balaban J connectivity index is 1.65. The normalized spacial score (nSPS) is 22.2. The number of rotatable bonds is 3. The van der Waals surface area contributed by atoms with Crippen LogP contribution in [0.4, 0.5) is 23.7 Å². The highest BCUT2D eigenvalue weighted by atomic mass is 19.4. The lowest BCUT2D eigenvalue weighted by molar-refractivity contribution is -0.144. The van der Waals surface area contributed by atoms with Gasteiger partial charge in [-0.25, -0.2) is 4.79 Å². The first-order valence-electron chi connectivity index (χ1n) is 12.1. The molecular formula is C24H33F3N6O4. The van der Waals surface area contributed by atoms with Crippen LogP contribution in [0.15, 0.2) is 30.5 Å². The van der Waals surface area contributed by atoms with Gasteiger partial charge in [-0.1, -0.05) is 12.1 Å². The zero-order valence-corrected chi connectivity index (χ0v) is 21.1. The van der Waals surface area contributed by atoms with Crippen molar-refractivity contribution < 1.29 is 32.2 Å². The number of anilines is 1. The maximum atomic E-state index is 12.8. The lowest BCUT2D eigenvalue weighted by atomic mass is 10.0. The number of alkyl halides is 3. The fourth-order valence-electron chi connectivity index (χ4n) is 3.67. The van der Waals surface area contributed by atoms with Crippen LogP contribution in [0.5, 0.6) is 0 Å². The summed E-state index contributed by atoms with van der Waals surface area (Å²) in [5, 5.41) is 14.1. The van der Waals surface area contributed by atoms with Crippen molar-refractivity contribution in [3.05, 3.63) is 41.7 Å². The number of cyclic esters (lactones) is 1. The van der Waals surface area contributed by atoms with E-state index in [-0.39, 0.29) is 49.8 Å². The molecule has 2 N–H and O–H groups in total. The van der Waals surface area contributed by atoms with Crippen LogP contribution in [0.3, 0.4) is 0 Å². The Morgan fingerprint density at radius 2 is 2.00 bits per heavy atom. The number of urea groups is 1. The van der Waals surface area contributed by atoms with Gasteiger partial charge in [-0.15, -0.1) is 5.10 Å². The van der Waals surface area contributed by atoms with E-state index in [9.17, 15) is 22.8 Å². The molecule has 10 nitrogen and oxygen atoms in total. The predicted molar refractivity (Wildman–Crippen MR) is 129 cm³/mol. The average molecular weight is 527 g/mol. The summed E-state index contributed by atoms with van der Waals surface area (Å²) < 4.78 is 51.5. The van der Waals surface area contributed by atoms with Crippen LogP contribution in [-0.2, 0) is 33.6 Å². The molecule has 2 heterocycles. The number of amides is 2. The van der Waals surface area contributed by atoms with Crippen LogP contribution in [0.2, 0.25) is 0 Å². The first-order chi connectivity index (χ1) is 17.5. The molecule has 0 spiro atoms. The predicted octanol–water partition coefficient (Wildman–Crippen LogP) is 3.30. The van der Waals surface area contributed by atoms with Crippen LogP contribution in [0.25, 0.3) is 0 Å². The quantitative estimate of drug-likeness (QED) is 0.591. The van der Waals surface area contributed by atoms with Crippen molar-refractivity contribution >= 4 is 17.7 Å². The van der Waals surface area contributed by atoms with Gasteiger partial charge in [0, 0.05) is 44.8 Å². The van der Waals surface area contributed by atoms with Gasteiger partial charge in [0.25, 0.3) is 0 Å². The van der Waals surface area contributed by atoms with Gasteiger partial charge in [0.05, 0.1) is 24.5 Å². The van der Waals surface area contributed by atoms with Crippen molar-refractivity contribution in [2.75, 3.05) is 32.1 Å². The molecular weight excluding hydrogens is 493 g/mol. The maximum Gasteiger partial charge on any atom is 0.416 e. The van der Waals surface area contributed by atoms with Crippen LogP contribution in [-0.4, -0.2) is 70.8 Å². The van der Waals surface area contributed by atoms with Crippen molar-refractivity contribution in [2.24, 2.45) is 5.92 Å². The van der Waals surface area contributed by atoms with E-state index in [1.165, 1.54) is 17.0 Å². The highest BCUT2D eigenvalue weighted by Crippen LogP contribution is 2.29. The minimum absolute atomic E-state index is 0.0533. The smallest absolute Gasteiger partial charge is 0.416 e. The zero-order valence-electron chi connectivity index (χ0n) is 21.1. The maximum absolute atomic E-state index is 12.8. The number of hydrogen-bond donors (Lipinski definition) is 2. The molecule has 1 aromatic carbocycles. The fraction of sp³-hybridized carbons (Fsp3) is 0.583. The molecule has 1 aliphatic heterocycles. The number of benzene rings is 1. The number of halogens is 3. The molecule has 0 saturated carbocycles. The number of nitrogens with zero attached hydrogens (tertiary/aromatic N) is 4. The van der Waals surface area contributed by atoms with Gasteiger partial charge < -0.3 is 25.0 Å². The molecule has 2 aromatic rings. The van der Waals surface area contributed by atoms with Crippen LogP contribution < -0.4 is 10.6 Å². The molecule has 3 atom stereocenters. The Morgan fingerprint density at radius 1 is 1.27 bits per heavy atom. The summed E-state index contributed by atoms with van der Waals surface area (Å²) in [5.41, 5.74) is 0.0732. The molecule has 1 aromatic heterocycles. The Kier molecular flexibility index (Phi) is 9.86. The third-order valence-corrected chi connectivity index (χ3v) is 5.98. The number of aromatic nitrogens is 3. The molecule has 1 aliphatic rings. The number of ether oxygens (including phenoxy) is 2. The summed E-state index contributed by atoms with van der Waals surface area (Å²) >= 11 is 0. The number of likely N-dealkylation sites (N-methyl/N-ethyl adjacent to an activating group) is 1. The number of carbonyl (C=O) groups excluding carboxylic acids is 2. The van der Waals surface area contributed by atoms with E-state index in [0.29, 0.717) is 25.2 Å². The standard InChI is InChI=1S/C24H33F3N6O4/c1-16-11-28-17(2)14-37-22(34)5-4-10-33-12-20(30-31-33)15-36-21(16)13-32(3)23(35)29-19-8-6-18(7-9-19)24(25,26)27/h6-9,12,16-17,21,28H,4-5,10-11,13-15H2,1-3H3,(H,29,35)/t16-,17-,21-/m0/s1. The van der Waals surface area contributed by atoms with Crippen molar-refractivity contribution in [1.29, 1.82) is 0 Å². The van der Waals surface area contributed by atoms with Crippen LogP contribution in [0, 0.1) is 5.92 Å². The van der Waals surface area contributed by atoms with Gasteiger partial charge >= 0.3 is 18.2 Å². The summed E-state index contributed by atoms with van der Waals surface area (Å²) in [5.74, 6) is -0.321. The first-order valence-corrected chi connectivity index (χ1v) is 12.1. The minimum Gasteiger partial charge on any atom is -0.464 e. The van der Waals surface area contributed by atoms with Gasteiger partial charge in [-0.05, 0) is 43.5 Å². The number of hydrogen-bond acceptors (Lipinski definition) is 7. The van der Waals surface area contributed by atoms with Gasteiger partial charge in [-0.2, -0.15) is 13.2 Å². The third kappa shape index (κ3) is 9.01. The van der Waals surface area contributed by atoms with Crippen molar-refractivity contribution in [3.8, 4) is 0 Å². The molecule has 0 radical (unpaired) electrons. The Bertz CT molecular complexity index is 1030. The summed E-state index contributed by atoms with van der Waals surface area (Å²) in [6.07, 6.45) is -2.24. The van der Waals surface area contributed by atoms with Gasteiger partial charge in [0.15, 0.2) is 0 Å². The Labute approximate surface area is 213 Å². The Morgan fingerprint density at radius 3 is 2.70 bits per heavy atom. The second-order valence-corrected chi connectivity index (χ2v) is 9.28. The lowest BCUT2D eigenvalue weighted by Crippen LogP contribution is -2.44. The summed E-state index contributed by atoms with van der Waals surface area (Å²) in [7, 11) is 1.58. The third-order valence-electron chi connectivity index (χ3n) is 5.98. The van der Waals surface area contributed by atoms with E-state index >= 15 is 0 Å². The minimum atomic E-state index is -4.45. The van der Waals surface area contributed by atoms with Gasteiger partial charge in [-0.3, -0.25) is 9.48 Å². The molecule has 37 heavy (non-hydrogen) atoms. The average Bonchev–Trinajstić information content (AvgIpc) is 3.30. The summed E-state index contributed by atoms with van der Waals surface area (Å²) in [6.45, 7) is 5.57. The second-order valence-electron chi connectivity index (χ2n) is 9.28. The topological polar surface area (TPSA) is 111 Å². The van der Waals surface area contributed by atoms with E-state index in [0.717, 1.165) is 12.1 Å². The van der Waals surface area contributed by atoms with Crippen LogP contribution >= 0.6 is 0 Å². The fourth-order valence-corrected chi connectivity index (χ4v) is 3.67. The van der Waals surface area contributed by atoms with E-state index in [1.54, 1.807) is 17.9 Å². The number of aryl methyl sites for hydroxylation is 1. The molecule has 13 heteroatoms.